The molecule has 0 saturated carbocycles. The van der Waals surface area contributed by atoms with Gasteiger partial charge < -0.3 is 25.0 Å². The zero-order chi connectivity index (χ0) is 21.3. The first-order valence-electron chi connectivity index (χ1n) is 10.4. The van der Waals surface area contributed by atoms with Crippen molar-refractivity contribution in [1.29, 1.82) is 0 Å². The molecule has 0 unspecified atom stereocenters. The topological polar surface area (TPSA) is 75.7 Å². The van der Waals surface area contributed by atoms with E-state index in [1.807, 2.05) is 48.5 Å². The Kier molecular flexibility index (Phi) is 6.97. The van der Waals surface area contributed by atoms with E-state index in [0.29, 0.717) is 18.8 Å². The minimum atomic E-state index is -0.267. The van der Waals surface area contributed by atoms with Crippen LogP contribution < -0.4 is 20.3 Å². The van der Waals surface area contributed by atoms with Gasteiger partial charge in [0.05, 0.1) is 13.2 Å². The molecule has 2 aromatic carbocycles. The Balaban J connectivity index is 1.29. The van der Waals surface area contributed by atoms with Gasteiger partial charge in [0.15, 0.2) is 0 Å². The number of amides is 2. The molecule has 1 saturated heterocycles. The number of anilines is 2. The monoisotopic (exact) mass is 418 g/mol. The Morgan fingerprint density at radius 3 is 2.61 bits per heavy atom. The van der Waals surface area contributed by atoms with Crippen LogP contribution in [0, 0.1) is 0 Å². The van der Waals surface area contributed by atoms with E-state index < -0.39 is 0 Å². The number of ether oxygens (including phenoxy) is 2. The number of nitrogens with one attached hydrogen (secondary N) is 2. The summed E-state index contributed by atoms with van der Waals surface area (Å²) in [6, 6.07) is 19.1. The fourth-order valence-corrected chi connectivity index (χ4v) is 3.40. The SMILES string of the molecule is O=C(NCc1cccnc1)Nc1ccc(OCc2ccccc2N2CCOCC2)cc1. The summed E-state index contributed by atoms with van der Waals surface area (Å²) in [5.74, 6) is 0.748. The van der Waals surface area contributed by atoms with Gasteiger partial charge in [-0.1, -0.05) is 24.3 Å². The molecule has 31 heavy (non-hydrogen) atoms. The van der Waals surface area contributed by atoms with Gasteiger partial charge in [-0.25, -0.2) is 4.79 Å². The standard InChI is InChI=1S/C24H26N4O3/c29-24(26-17-19-4-3-11-25-16-19)27-21-7-9-22(10-8-21)31-18-20-5-1-2-6-23(20)28-12-14-30-15-13-28/h1-11,16H,12-15,17-18H2,(H2,26,27,29). The Bertz CT molecular complexity index is 974. The number of benzene rings is 2. The first kappa shape index (κ1) is 20.7. The highest BCUT2D eigenvalue weighted by molar-refractivity contribution is 5.89. The molecule has 0 bridgehead atoms. The van der Waals surface area contributed by atoms with Crippen LogP contribution >= 0.6 is 0 Å². The summed E-state index contributed by atoms with van der Waals surface area (Å²) in [4.78, 5) is 18.4. The van der Waals surface area contributed by atoms with Crippen molar-refractivity contribution in [3.63, 3.8) is 0 Å². The summed E-state index contributed by atoms with van der Waals surface area (Å²) >= 11 is 0. The van der Waals surface area contributed by atoms with Gasteiger partial charge in [-0.15, -0.1) is 0 Å². The second kappa shape index (κ2) is 10.4. The smallest absolute Gasteiger partial charge is 0.319 e. The van der Waals surface area contributed by atoms with E-state index in [9.17, 15) is 4.79 Å². The molecule has 1 aliphatic rings. The maximum Gasteiger partial charge on any atom is 0.319 e. The number of carbonyl (C=O) groups is 1. The molecule has 1 aliphatic heterocycles. The lowest BCUT2D eigenvalue weighted by Gasteiger charge is -2.30. The summed E-state index contributed by atoms with van der Waals surface area (Å²) < 4.78 is 11.5. The molecule has 2 heterocycles. The average molecular weight is 418 g/mol. The predicted molar refractivity (Wildman–Crippen MR) is 120 cm³/mol. The lowest BCUT2D eigenvalue weighted by molar-refractivity contribution is 0.122. The predicted octanol–water partition coefficient (Wildman–Crippen LogP) is 3.82. The number of aromatic nitrogens is 1. The number of hydrogen-bond acceptors (Lipinski definition) is 5. The van der Waals surface area contributed by atoms with Crippen molar-refractivity contribution in [3.8, 4) is 5.75 Å². The van der Waals surface area contributed by atoms with E-state index in [-0.39, 0.29) is 6.03 Å². The van der Waals surface area contributed by atoms with Crippen molar-refractivity contribution in [3.05, 3.63) is 84.2 Å². The maximum atomic E-state index is 12.1. The molecular weight excluding hydrogens is 392 g/mol. The summed E-state index contributed by atoms with van der Waals surface area (Å²) in [7, 11) is 0. The third-order valence-electron chi connectivity index (χ3n) is 5.03. The first-order valence-corrected chi connectivity index (χ1v) is 10.4. The van der Waals surface area contributed by atoms with Gasteiger partial charge >= 0.3 is 6.03 Å². The number of para-hydroxylation sites is 1. The van der Waals surface area contributed by atoms with Gasteiger partial charge in [0, 0.05) is 49.0 Å². The number of nitrogens with zero attached hydrogens (tertiary/aromatic N) is 2. The van der Waals surface area contributed by atoms with Crippen LogP contribution in [-0.4, -0.2) is 37.3 Å². The van der Waals surface area contributed by atoms with Gasteiger partial charge in [-0.2, -0.15) is 0 Å². The molecule has 0 aliphatic carbocycles. The lowest BCUT2D eigenvalue weighted by atomic mass is 10.1. The number of pyridine rings is 1. The summed E-state index contributed by atoms with van der Waals surface area (Å²) in [6.45, 7) is 4.18. The summed E-state index contributed by atoms with van der Waals surface area (Å²) in [6.07, 6.45) is 3.43. The van der Waals surface area contributed by atoms with Crippen LogP contribution in [0.5, 0.6) is 5.75 Å². The lowest BCUT2D eigenvalue weighted by Crippen LogP contribution is -2.36. The molecule has 1 aromatic heterocycles. The van der Waals surface area contributed by atoms with Gasteiger partial charge in [0.1, 0.15) is 12.4 Å². The van der Waals surface area contributed by atoms with E-state index in [2.05, 4.69) is 32.7 Å². The first-order chi connectivity index (χ1) is 15.3. The second-order valence-electron chi connectivity index (χ2n) is 7.21. The molecule has 2 N–H and O–H groups in total. The number of urea groups is 1. The highest BCUT2D eigenvalue weighted by Crippen LogP contribution is 2.24. The van der Waals surface area contributed by atoms with Crippen LogP contribution in [0.1, 0.15) is 11.1 Å². The normalized spacial score (nSPS) is 13.5. The molecule has 160 valence electrons. The van der Waals surface area contributed by atoms with Crippen molar-refractivity contribution in [2.75, 3.05) is 36.5 Å². The molecular formula is C24H26N4O3. The highest BCUT2D eigenvalue weighted by Gasteiger charge is 2.14. The van der Waals surface area contributed by atoms with Crippen molar-refractivity contribution in [1.82, 2.24) is 10.3 Å². The summed E-state index contributed by atoms with van der Waals surface area (Å²) in [5, 5.41) is 5.63. The molecule has 0 radical (unpaired) electrons. The van der Waals surface area contributed by atoms with E-state index >= 15 is 0 Å². The van der Waals surface area contributed by atoms with E-state index in [1.54, 1.807) is 12.4 Å². The van der Waals surface area contributed by atoms with Gasteiger partial charge in [-0.3, -0.25) is 4.98 Å². The van der Waals surface area contributed by atoms with Crippen LogP contribution in [-0.2, 0) is 17.9 Å². The number of carbonyl (C=O) groups excluding carboxylic acids is 1. The molecule has 3 aromatic rings. The Morgan fingerprint density at radius 2 is 1.84 bits per heavy atom. The van der Waals surface area contributed by atoms with Crippen molar-refractivity contribution < 1.29 is 14.3 Å². The summed E-state index contributed by atoms with van der Waals surface area (Å²) in [5.41, 5.74) is 3.97. The fraction of sp³-hybridized carbons (Fsp3) is 0.250. The minimum absolute atomic E-state index is 0.267. The number of hydrogen-bond donors (Lipinski definition) is 2. The molecule has 1 fully saturated rings. The molecule has 7 heteroatoms. The molecule has 0 spiro atoms. The minimum Gasteiger partial charge on any atom is -0.489 e. The van der Waals surface area contributed by atoms with Crippen molar-refractivity contribution in [2.45, 2.75) is 13.2 Å². The van der Waals surface area contributed by atoms with Crippen molar-refractivity contribution in [2.24, 2.45) is 0 Å². The maximum absolute atomic E-state index is 12.1. The molecule has 7 nitrogen and oxygen atoms in total. The van der Waals surface area contributed by atoms with Crippen LogP contribution in [0.4, 0.5) is 16.2 Å². The molecule has 4 rings (SSSR count). The molecule has 0 atom stereocenters. The van der Waals surface area contributed by atoms with Crippen LogP contribution in [0.15, 0.2) is 73.1 Å². The molecule has 2 amide bonds. The number of rotatable bonds is 7. The van der Waals surface area contributed by atoms with Crippen LogP contribution in [0.25, 0.3) is 0 Å². The fourth-order valence-electron chi connectivity index (χ4n) is 3.40. The Hall–Kier alpha value is -3.58. The third kappa shape index (κ3) is 5.96. The van der Waals surface area contributed by atoms with Crippen LogP contribution in [0.3, 0.4) is 0 Å². The highest BCUT2D eigenvalue weighted by atomic mass is 16.5. The third-order valence-corrected chi connectivity index (χ3v) is 5.03. The zero-order valence-corrected chi connectivity index (χ0v) is 17.3. The van der Waals surface area contributed by atoms with E-state index in [1.165, 1.54) is 5.69 Å². The van der Waals surface area contributed by atoms with Gasteiger partial charge in [0.25, 0.3) is 0 Å². The van der Waals surface area contributed by atoms with E-state index in [4.69, 9.17) is 9.47 Å². The Labute approximate surface area is 182 Å². The Morgan fingerprint density at radius 1 is 1.03 bits per heavy atom. The average Bonchev–Trinajstić information content (AvgIpc) is 2.84. The van der Waals surface area contributed by atoms with E-state index in [0.717, 1.165) is 43.2 Å². The zero-order valence-electron chi connectivity index (χ0n) is 17.3. The van der Waals surface area contributed by atoms with Gasteiger partial charge in [-0.05, 0) is 42.0 Å². The largest absolute Gasteiger partial charge is 0.489 e. The number of morpholine rings is 1. The van der Waals surface area contributed by atoms with Crippen molar-refractivity contribution >= 4 is 17.4 Å². The van der Waals surface area contributed by atoms with Crippen LogP contribution in [0.2, 0.25) is 0 Å². The second-order valence-corrected chi connectivity index (χ2v) is 7.21. The van der Waals surface area contributed by atoms with Gasteiger partial charge in [0.2, 0.25) is 0 Å². The quantitative estimate of drug-likeness (QED) is 0.610.